The molecule has 2 aliphatic rings. The first kappa shape index (κ1) is 11.4. The maximum Gasteiger partial charge on any atom is 0.0469 e. The number of hydrogen-bond donors (Lipinski definition) is 1. The van der Waals surface area contributed by atoms with Gasteiger partial charge in [0.25, 0.3) is 0 Å². The summed E-state index contributed by atoms with van der Waals surface area (Å²) in [7, 11) is 0. The summed E-state index contributed by atoms with van der Waals surface area (Å²) in [6.07, 6.45) is 7.89. The van der Waals surface area contributed by atoms with Crippen molar-refractivity contribution in [2.24, 2.45) is 23.5 Å². The van der Waals surface area contributed by atoms with Gasteiger partial charge in [0.15, 0.2) is 0 Å². The molecule has 0 aromatic heterocycles. The lowest BCUT2D eigenvalue weighted by Gasteiger charge is -2.31. The maximum absolute atomic E-state index is 6.42. The summed E-state index contributed by atoms with van der Waals surface area (Å²) < 4.78 is 5.40. The van der Waals surface area contributed by atoms with Gasteiger partial charge in [-0.1, -0.05) is 19.8 Å². The lowest BCUT2D eigenvalue weighted by atomic mass is 9.83. The number of hydrogen-bond acceptors (Lipinski definition) is 2. The Morgan fingerprint density at radius 1 is 1.13 bits per heavy atom. The van der Waals surface area contributed by atoms with E-state index in [4.69, 9.17) is 10.5 Å². The van der Waals surface area contributed by atoms with Gasteiger partial charge in [-0.2, -0.15) is 0 Å². The second kappa shape index (κ2) is 5.31. The van der Waals surface area contributed by atoms with E-state index in [1.165, 1.54) is 38.5 Å². The summed E-state index contributed by atoms with van der Waals surface area (Å²) in [5.41, 5.74) is 6.42. The summed E-state index contributed by atoms with van der Waals surface area (Å²) in [5.74, 6) is 2.50. The molecule has 1 aliphatic heterocycles. The van der Waals surface area contributed by atoms with Crippen molar-refractivity contribution >= 4 is 0 Å². The molecule has 0 aromatic carbocycles. The molecule has 3 unspecified atom stereocenters. The summed E-state index contributed by atoms with van der Waals surface area (Å²) in [4.78, 5) is 0. The first-order chi connectivity index (χ1) is 7.31. The third-order valence-electron chi connectivity index (χ3n) is 4.51. The zero-order chi connectivity index (χ0) is 10.7. The molecule has 1 heterocycles. The van der Waals surface area contributed by atoms with E-state index < -0.39 is 0 Å². The molecular formula is C13H25NO. The molecule has 1 aliphatic carbocycles. The van der Waals surface area contributed by atoms with Crippen molar-refractivity contribution in [2.75, 3.05) is 13.2 Å². The smallest absolute Gasteiger partial charge is 0.0469 e. The summed E-state index contributed by atoms with van der Waals surface area (Å²) >= 11 is 0. The maximum atomic E-state index is 6.42. The minimum absolute atomic E-state index is 0.449. The van der Waals surface area contributed by atoms with E-state index in [2.05, 4.69) is 6.92 Å². The normalized spacial score (nSPS) is 35.6. The van der Waals surface area contributed by atoms with Crippen LogP contribution in [0.1, 0.15) is 45.4 Å². The Morgan fingerprint density at radius 2 is 1.87 bits per heavy atom. The Morgan fingerprint density at radius 3 is 2.47 bits per heavy atom. The highest BCUT2D eigenvalue weighted by atomic mass is 16.5. The van der Waals surface area contributed by atoms with E-state index in [0.717, 1.165) is 31.0 Å². The first-order valence-electron chi connectivity index (χ1n) is 6.64. The molecular weight excluding hydrogens is 186 g/mol. The van der Waals surface area contributed by atoms with Crippen LogP contribution in [0.4, 0.5) is 0 Å². The third-order valence-corrected chi connectivity index (χ3v) is 4.51. The van der Waals surface area contributed by atoms with E-state index in [1.807, 2.05) is 0 Å². The van der Waals surface area contributed by atoms with Gasteiger partial charge in [0.1, 0.15) is 0 Å². The van der Waals surface area contributed by atoms with Crippen LogP contribution in [0, 0.1) is 17.8 Å². The predicted molar refractivity (Wildman–Crippen MR) is 62.6 cm³/mol. The molecule has 2 N–H and O–H groups in total. The minimum Gasteiger partial charge on any atom is -0.381 e. The fraction of sp³-hybridized carbons (Fsp3) is 1.00. The van der Waals surface area contributed by atoms with Gasteiger partial charge < -0.3 is 10.5 Å². The number of ether oxygens (including phenoxy) is 1. The average molecular weight is 211 g/mol. The number of nitrogens with two attached hydrogens (primary N) is 1. The van der Waals surface area contributed by atoms with Crippen LogP contribution in [0.5, 0.6) is 0 Å². The van der Waals surface area contributed by atoms with Crippen LogP contribution in [-0.4, -0.2) is 19.3 Å². The molecule has 2 nitrogen and oxygen atoms in total. The van der Waals surface area contributed by atoms with Gasteiger partial charge >= 0.3 is 0 Å². The first-order valence-corrected chi connectivity index (χ1v) is 6.64. The highest BCUT2D eigenvalue weighted by Crippen LogP contribution is 2.37. The average Bonchev–Trinajstić information content (AvgIpc) is 2.78. The third kappa shape index (κ3) is 2.73. The van der Waals surface area contributed by atoms with Crippen molar-refractivity contribution in [1.29, 1.82) is 0 Å². The molecule has 0 bridgehead atoms. The number of rotatable bonds is 3. The van der Waals surface area contributed by atoms with Gasteiger partial charge in [-0.05, 0) is 43.4 Å². The molecule has 0 spiro atoms. The molecule has 0 aromatic rings. The molecule has 1 saturated carbocycles. The van der Waals surface area contributed by atoms with Crippen LogP contribution in [0.25, 0.3) is 0 Å². The van der Waals surface area contributed by atoms with Crippen molar-refractivity contribution in [1.82, 2.24) is 0 Å². The van der Waals surface area contributed by atoms with Gasteiger partial charge in [-0.15, -0.1) is 0 Å². The van der Waals surface area contributed by atoms with Gasteiger partial charge in [0, 0.05) is 19.3 Å². The Labute approximate surface area is 93.6 Å². The van der Waals surface area contributed by atoms with E-state index in [-0.39, 0.29) is 0 Å². The largest absolute Gasteiger partial charge is 0.381 e. The quantitative estimate of drug-likeness (QED) is 0.778. The molecule has 0 radical (unpaired) electrons. The molecule has 88 valence electrons. The molecule has 3 atom stereocenters. The Bertz CT molecular complexity index is 189. The van der Waals surface area contributed by atoms with Crippen molar-refractivity contribution in [3.05, 3.63) is 0 Å². The van der Waals surface area contributed by atoms with Crippen LogP contribution in [0.15, 0.2) is 0 Å². The van der Waals surface area contributed by atoms with Crippen LogP contribution in [0.3, 0.4) is 0 Å². The predicted octanol–water partition coefficient (Wildman–Crippen LogP) is 2.57. The topological polar surface area (TPSA) is 35.2 Å². The van der Waals surface area contributed by atoms with E-state index in [0.29, 0.717) is 6.04 Å². The lowest BCUT2D eigenvalue weighted by Crippen LogP contribution is -2.39. The monoisotopic (exact) mass is 211 g/mol. The second-order valence-electron chi connectivity index (χ2n) is 5.37. The van der Waals surface area contributed by atoms with Crippen LogP contribution in [0.2, 0.25) is 0 Å². The molecule has 2 fully saturated rings. The van der Waals surface area contributed by atoms with Crippen molar-refractivity contribution < 1.29 is 4.74 Å². The molecule has 2 heteroatoms. The van der Waals surface area contributed by atoms with E-state index >= 15 is 0 Å². The van der Waals surface area contributed by atoms with Crippen molar-refractivity contribution in [3.8, 4) is 0 Å². The summed E-state index contributed by atoms with van der Waals surface area (Å²) in [6.45, 7) is 4.18. The summed E-state index contributed by atoms with van der Waals surface area (Å²) in [6, 6.07) is 0.449. The SMILES string of the molecule is CCC1CCC(C(N)C2CCOCC2)C1. The molecule has 2 rings (SSSR count). The minimum atomic E-state index is 0.449. The van der Waals surface area contributed by atoms with Gasteiger partial charge in [0.05, 0.1) is 0 Å². The highest BCUT2D eigenvalue weighted by Gasteiger charge is 2.32. The van der Waals surface area contributed by atoms with Gasteiger partial charge in [0.2, 0.25) is 0 Å². The summed E-state index contributed by atoms with van der Waals surface area (Å²) in [5, 5.41) is 0. The zero-order valence-corrected chi connectivity index (χ0v) is 9.95. The molecule has 1 saturated heterocycles. The Balaban J connectivity index is 1.82. The van der Waals surface area contributed by atoms with Crippen molar-refractivity contribution in [3.63, 3.8) is 0 Å². The van der Waals surface area contributed by atoms with Gasteiger partial charge in [-0.25, -0.2) is 0 Å². The standard InChI is InChI=1S/C13H25NO/c1-2-10-3-4-12(9-10)13(14)11-5-7-15-8-6-11/h10-13H,2-9,14H2,1H3. The van der Waals surface area contributed by atoms with Crippen LogP contribution >= 0.6 is 0 Å². The molecule has 0 amide bonds. The Hall–Kier alpha value is -0.0800. The fourth-order valence-electron chi connectivity index (χ4n) is 3.32. The fourth-order valence-corrected chi connectivity index (χ4v) is 3.32. The van der Waals surface area contributed by atoms with Crippen LogP contribution < -0.4 is 5.73 Å². The van der Waals surface area contributed by atoms with E-state index in [9.17, 15) is 0 Å². The van der Waals surface area contributed by atoms with Crippen molar-refractivity contribution in [2.45, 2.75) is 51.5 Å². The van der Waals surface area contributed by atoms with E-state index in [1.54, 1.807) is 0 Å². The van der Waals surface area contributed by atoms with Gasteiger partial charge in [-0.3, -0.25) is 0 Å². The van der Waals surface area contributed by atoms with Crippen LogP contribution in [-0.2, 0) is 4.74 Å². The lowest BCUT2D eigenvalue weighted by molar-refractivity contribution is 0.0510. The zero-order valence-electron chi connectivity index (χ0n) is 9.95. The molecule has 15 heavy (non-hydrogen) atoms. The second-order valence-corrected chi connectivity index (χ2v) is 5.37. The Kier molecular flexibility index (Phi) is 4.04. The highest BCUT2D eigenvalue weighted by molar-refractivity contribution is 4.87.